The summed E-state index contributed by atoms with van der Waals surface area (Å²) in [4.78, 5) is 22.7. The van der Waals surface area contributed by atoms with E-state index in [9.17, 15) is 14.9 Å². The summed E-state index contributed by atoms with van der Waals surface area (Å²) in [5, 5.41) is 16.5. The normalized spacial score (nSPS) is 10.7. The Bertz CT molecular complexity index is 1020. The van der Waals surface area contributed by atoms with Crippen LogP contribution in [0.3, 0.4) is 0 Å². The zero-order valence-corrected chi connectivity index (χ0v) is 16.2. The molecule has 0 aliphatic rings. The van der Waals surface area contributed by atoms with E-state index in [2.05, 4.69) is 10.5 Å². The minimum Gasteiger partial charge on any atom is -0.496 e. The number of non-ortho nitro benzene ring substituents is 1. The second-order valence-electron chi connectivity index (χ2n) is 5.79. The van der Waals surface area contributed by atoms with Gasteiger partial charge in [-0.05, 0) is 47.3 Å². The van der Waals surface area contributed by atoms with E-state index >= 15 is 0 Å². The third kappa shape index (κ3) is 5.39. The molecule has 0 saturated heterocycles. The van der Waals surface area contributed by atoms with Crippen molar-refractivity contribution in [2.24, 2.45) is 5.10 Å². The van der Waals surface area contributed by atoms with Crippen LogP contribution in [-0.2, 0) is 6.61 Å². The van der Waals surface area contributed by atoms with E-state index < -0.39 is 4.92 Å². The standard InChI is InChI=1S/C20H17N3O5S/c1-27-18-9-4-14(12-21-22-20(24)19-3-2-10-29-19)11-15(18)13-28-17-7-5-16(6-8-17)23(25)26/h2-12H,13H2,1H3,(H,22,24)/b21-12+. The molecule has 0 aliphatic carbocycles. The van der Waals surface area contributed by atoms with Crippen molar-refractivity contribution in [1.29, 1.82) is 0 Å². The summed E-state index contributed by atoms with van der Waals surface area (Å²) in [6.45, 7) is 0.199. The number of amides is 1. The van der Waals surface area contributed by atoms with E-state index in [-0.39, 0.29) is 18.2 Å². The van der Waals surface area contributed by atoms with Crippen LogP contribution in [0.1, 0.15) is 20.8 Å². The lowest BCUT2D eigenvalue weighted by molar-refractivity contribution is -0.384. The molecule has 1 N–H and O–H groups in total. The van der Waals surface area contributed by atoms with Gasteiger partial charge in [-0.25, -0.2) is 5.43 Å². The summed E-state index contributed by atoms with van der Waals surface area (Å²) < 4.78 is 11.0. The van der Waals surface area contributed by atoms with Crippen LogP contribution in [0.25, 0.3) is 0 Å². The molecule has 0 aliphatic heterocycles. The molecule has 29 heavy (non-hydrogen) atoms. The van der Waals surface area contributed by atoms with Gasteiger partial charge in [-0.1, -0.05) is 6.07 Å². The molecule has 148 valence electrons. The first kappa shape index (κ1) is 20.0. The van der Waals surface area contributed by atoms with Crippen LogP contribution in [0.4, 0.5) is 5.69 Å². The molecule has 9 heteroatoms. The van der Waals surface area contributed by atoms with E-state index in [1.165, 1.54) is 41.8 Å². The van der Waals surface area contributed by atoms with E-state index in [1.54, 1.807) is 31.4 Å². The van der Waals surface area contributed by atoms with Crippen LogP contribution in [-0.4, -0.2) is 24.2 Å². The molecular weight excluding hydrogens is 394 g/mol. The van der Waals surface area contributed by atoms with Gasteiger partial charge in [0.15, 0.2) is 0 Å². The molecular formula is C20H17N3O5S. The Balaban J connectivity index is 1.65. The molecule has 0 bridgehead atoms. The third-order valence-corrected chi connectivity index (χ3v) is 4.74. The summed E-state index contributed by atoms with van der Waals surface area (Å²) in [5.41, 5.74) is 3.99. The lowest BCUT2D eigenvalue weighted by atomic mass is 10.1. The highest BCUT2D eigenvalue weighted by Gasteiger charge is 2.08. The number of rotatable bonds is 8. The number of hydrogen-bond donors (Lipinski definition) is 1. The molecule has 0 unspecified atom stereocenters. The molecule has 0 radical (unpaired) electrons. The number of nitro groups is 1. The number of hydrazone groups is 1. The van der Waals surface area contributed by atoms with Crippen LogP contribution < -0.4 is 14.9 Å². The van der Waals surface area contributed by atoms with Crippen molar-refractivity contribution in [3.05, 3.63) is 86.1 Å². The Morgan fingerprint density at radius 2 is 2.03 bits per heavy atom. The average molecular weight is 411 g/mol. The maximum absolute atomic E-state index is 11.9. The summed E-state index contributed by atoms with van der Waals surface area (Å²) in [5.74, 6) is 0.859. The van der Waals surface area contributed by atoms with Crippen LogP contribution in [0, 0.1) is 10.1 Å². The van der Waals surface area contributed by atoms with Gasteiger partial charge in [0.05, 0.1) is 23.1 Å². The molecule has 2 aromatic carbocycles. The second-order valence-corrected chi connectivity index (χ2v) is 6.74. The Labute approximate surface area is 170 Å². The van der Waals surface area contributed by atoms with Crippen molar-refractivity contribution in [2.75, 3.05) is 7.11 Å². The molecule has 1 heterocycles. The number of carbonyl (C=O) groups is 1. The monoisotopic (exact) mass is 411 g/mol. The van der Waals surface area contributed by atoms with Gasteiger partial charge >= 0.3 is 0 Å². The van der Waals surface area contributed by atoms with Crippen molar-refractivity contribution in [1.82, 2.24) is 5.43 Å². The second kappa shape index (κ2) is 9.47. The first-order valence-electron chi connectivity index (χ1n) is 8.48. The number of nitrogens with zero attached hydrogens (tertiary/aromatic N) is 2. The van der Waals surface area contributed by atoms with Crippen molar-refractivity contribution < 1.29 is 19.2 Å². The number of thiophene rings is 1. The average Bonchev–Trinajstić information content (AvgIpc) is 3.27. The number of hydrogen-bond acceptors (Lipinski definition) is 7. The largest absolute Gasteiger partial charge is 0.496 e. The fourth-order valence-electron chi connectivity index (χ4n) is 2.45. The van der Waals surface area contributed by atoms with Crippen LogP contribution in [0.5, 0.6) is 11.5 Å². The Kier molecular flexibility index (Phi) is 6.54. The lowest BCUT2D eigenvalue weighted by Crippen LogP contribution is -2.16. The molecule has 0 fully saturated rings. The van der Waals surface area contributed by atoms with Crippen molar-refractivity contribution >= 4 is 29.1 Å². The smallest absolute Gasteiger partial charge is 0.281 e. The van der Waals surface area contributed by atoms with Gasteiger partial charge < -0.3 is 9.47 Å². The zero-order chi connectivity index (χ0) is 20.6. The molecule has 8 nitrogen and oxygen atoms in total. The Morgan fingerprint density at radius 1 is 1.24 bits per heavy atom. The maximum atomic E-state index is 11.9. The van der Waals surface area contributed by atoms with Crippen molar-refractivity contribution in [3.8, 4) is 11.5 Å². The van der Waals surface area contributed by atoms with Crippen LogP contribution in [0.2, 0.25) is 0 Å². The maximum Gasteiger partial charge on any atom is 0.281 e. The number of nitro benzene ring substituents is 1. The van der Waals surface area contributed by atoms with E-state index in [0.717, 1.165) is 11.1 Å². The molecule has 0 atom stereocenters. The molecule has 1 amide bonds. The molecule has 0 saturated carbocycles. The quantitative estimate of drug-likeness (QED) is 0.343. The van der Waals surface area contributed by atoms with E-state index in [0.29, 0.717) is 16.4 Å². The number of carbonyl (C=O) groups excluding carboxylic acids is 1. The van der Waals surface area contributed by atoms with Gasteiger partial charge in [-0.3, -0.25) is 14.9 Å². The van der Waals surface area contributed by atoms with Gasteiger partial charge in [0.1, 0.15) is 18.1 Å². The van der Waals surface area contributed by atoms with E-state index in [4.69, 9.17) is 9.47 Å². The lowest BCUT2D eigenvalue weighted by Gasteiger charge is -2.11. The Hall–Kier alpha value is -3.72. The van der Waals surface area contributed by atoms with Gasteiger partial charge in [0.25, 0.3) is 11.6 Å². The van der Waals surface area contributed by atoms with Crippen LogP contribution in [0.15, 0.2) is 65.1 Å². The summed E-state index contributed by atoms with van der Waals surface area (Å²) >= 11 is 1.34. The minimum atomic E-state index is -0.465. The first-order valence-corrected chi connectivity index (χ1v) is 9.36. The van der Waals surface area contributed by atoms with Gasteiger partial charge in [-0.15, -0.1) is 11.3 Å². The zero-order valence-electron chi connectivity index (χ0n) is 15.4. The summed E-state index contributed by atoms with van der Waals surface area (Å²) in [6.07, 6.45) is 1.53. The number of methoxy groups -OCH3 is 1. The molecule has 1 aromatic heterocycles. The number of ether oxygens (including phenoxy) is 2. The SMILES string of the molecule is COc1ccc(/C=N/NC(=O)c2cccs2)cc1COc1ccc([N+](=O)[O-])cc1. The van der Waals surface area contributed by atoms with Crippen molar-refractivity contribution in [2.45, 2.75) is 6.61 Å². The predicted molar refractivity (Wildman–Crippen MR) is 110 cm³/mol. The minimum absolute atomic E-state index is 0.00210. The Morgan fingerprint density at radius 3 is 2.69 bits per heavy atom. The number of benzene rings is 2. The highest BCUT2D eigenvalue weighted by Crippen LogP contribution is 2.23. The first-order chi connectivity index (χ1) is 14.1. The highest BCUT2D eigenvalue weighted by atomic mass is 32.1. The van der Waals surface area contributed by atoms with Gasteiger partial charge in [-0.2, -0.15) is 5.10 Å². The molecule has 3 rings (SSSR count). The van der Waals surface area contributed by atoms with E-state index in [1.807, 2.05) is 11.4 Å². The van der Waals surface area contributed by atoms with Crippen LogP contribution >= 0.6 is 11.3 Å². The third-order valence-electron chi connectivity index (χ3n) is 3.87. The van der Waals surface area contributed by atoms with Crippen molar-refractivity contribution in [3.63, 3.8) is 0 Å². The fourth-order valence-corrected chi connectivity index (χ4v) is 3.06. The fraction of sp³-hybridized carbons (Fsp3) is 0.100. The number of nitrogens with one attached hydrogen (secondary N) is 1. The highest BCUT2D eigenvalue weighted by molar-refractivity contribution is 7.12. The topological polar surface area (TPSA) is 103 Å². The predicted octanol–water partition coefficient (Wildman–Crippen LogP) is 4.01. The summed E-state index contributed by atoms with van der Waals surface area (Å²) in [7, 11) is 1.56. The molecule has 0 spiro atoms. The van der Waals surface area contributed by atoms with Gasteiger partial charge in [0.2, 0.25) is 0 Å². The van der Waals surface area contributed by atoms with Gasteiger partial charge in [0, 0.05) is 17.7 Å². The summed E-state index contributed by atoms with van der Waals surface area (Å²) in [6, 6.07) is 14.8. The molecule has 3 aromatic rings.